The second kappa shape index (κ2) is 5.35. The molecule has 2 aromatic rings. The molecule has 0 saturated heterocycles. The van der Waals surface area contributed by atoms with Gasteiger partial charge in [-0.2, -0.15) is 0 Å². The lowest BCUT2D eigenvalue weighted by Gasteiger charge is -2.08. The van der Waals surface area contributed by atoms with E-state index in [2.05, 4.69) is 10.2 Å². The van der Waals surface area contributed by atoms with Gasteiger partial charge in [0.15, 0.2) is 5.82 Å². The van der Waals surface area contributed by atoms with Crippen molar-refractivity contribution in [1.29, 1.82) is 0 Å². The molecule has 0 saturated carbocycles. The lowest BCUT2D eigenvalue weighted by molar-refractivity contribution is 0.411. The van der Waals surface area contributed by atoms with Crippen molar-refractivity contribution in [1.82, 2.24) is 14.8 Å². The van der Waals surface area contributed by atoms with Gasteiger partial charge >= 0.3 is 0 Å². The summed E-state index contributed by atoms with van der Waals surface area (Å²) in [6.07, 6.45) is 0. The first kappa shape index (κ1) is 12.8. The van der Waals surface area contributed by atoms with Gasteiger partial charge in [-0.15, -0.1) is 21.8 Å². The third kappa shape index (κ3) is 2.18. The van der Waals surface area contributed by atoms with Crippen LogP contribution in [0.3, 0.4) is 0 Å². The van der Waals surface area contributed by atoms with E-state index in [9.17, 15) is 4.39 Å². The van der Waals surface area contributed by atoms with Crippen molar-refractivity contribution in [3.05, 3.63) is 29.8 Å². The third-order valence-electron chi connectivity index (χ3n) is 2.68. The van der Waals surface area contributed by atoms with Crippen molar-refractivity contribution in [3.8, 4) is 17.1 Å². The highest BCUT2D eigenvalue weighted by Gasteiger charge is 2.15. The number of ether oxygens (including phenoxy) is 1. The highest BCUT2D eigenvalue weighted by Crippen LogP contribution is 2.25. The van der Waals surface area contributed by atoms with E-state index in [0.717, 1.165) is 0 Å². The largest absolute Gasteiger partial charge is 0.497 e. The lowest BCUT2D eigenvalue weighted by atomic mass is 10.2. The zero-order valence-corrected chi connectivity index (χ0v) is 10.9. The summed E-state index contributed by atoms with van der Waals surface area (Å²) >= 11 is 5.76. The van der Waals surface area contributed by atoms with Crippen molar-refractivity contribution in [3.63, 3.8) is 0 Å². The molecule has 0 radical (unpaired) electrons. The fourth-order valence-corrected chi connectivity index (χ4v) is 1.97. The molecular formula is C12H13ClFN3O. The Hall–Kier alpha value is -1.62. The zero-order chi connectivity index (χ0) is 13.1. The van der Waals surface area contributed by atoms with Crippen LogP contribution in [0.1, 0.15) is 12.7 Å². The van der Waals surface area contributed by atoms with Gasteiger partial charge in [0.2, 0.25) is 0 Å². The van der Waals surface area contributed by atoms with E-state index in [-0.39, 0.29) is 5.88 Å². The number of hydrogen-bond donors (Lipinski definition) is 0. The molecular weight excluding hydrogens is 257 g/mol. The van der Waals surface area contributed by atoms with E-state index in [1.54, 1.807) is 16.7 Å². The van der Waals surface area contributed by atoms with E-state index in [1.165, 1.54) is 13.2 Å². The normalized spacial score (nSPS) is 10.7. The van der Waals surface area contributed by atoms with Crippen LogP contribution in [0.4, 0.5) is 4.39 Å². The molecule has 2 rings (SSSR count). The molecule has 1 aromatic carbocycles. The Morgan fingerprint density at radius 3 is 2.72 bits per heavy atom. The number of benzene rings is 1. The summed E-state index contributed by atoms with van der Waals surface area (Å²) in [6.45, 7) is 2.57. The van der Waals surface area contributed by atoms with E-state index < -0.39 is 5.82 Å². The van der Waals surface area contributed by atoms with Crippen LogP contribution < -0.4 is 4.74 Å². The predicted molar refractivity (Wildman–Crippen MR) is 67.2 cm³/mol. The van der Waals surface area contributed by atoms with Gasteiger partial charge in [-0.05, 0) is 19.1 Å². The molecule has 0 aliphatic rings. The van der Waals surface area contributed by atoms with Crippen molar-refractivity contribution < 1.29 is 9.13 Å². The van der Waals surface area contributed by atoms with Crippen molar-refractivity contribution in [2.75, 3.05) is 7.11 Å². The van der Waals surface area contributed by atoms with E-state index in [4.69, 9.17) is 16.3 Å². The Kier molecular flexibility index (Phi) is 3.81. The number of alkyl halides is 1. The molecule has 0 aliphatic carbocycles. The average molecular weight is 270 g/mol. The predicted octanol–water partition coefficient (Wildman–Crippen LogP) is 2.85. The molecule has 4 nitrogen and oxygen atoms in total. The molecule has 96 valence electrons. The molecule has 0 atom stereocenters. The molecule has 0 unspecified atom stereocenters. The fourth-order valence-electron chi connectivity index (χ4n) is 1.77. The van der Waals surface area contributed by atoms with Gasteiger partial charge in [-0.25, -0.2) is 4.39 Å². The first-order valence-corrected chi connectivity index (χ1v) is 6.06. The second-order valence-electron chi connectivity index (χ2n) is 3.66. The number of methoxy groups -OCH3 is 1. The van der Waals surface area contributed by atoms with Gasteiger partial charge in [0.05, 0.1) is 18.6 Å². The molecule has 0 spiro atoms. The first-order chi connectivity index (χ1) is 8.71. The molecule has 1 aromatic heterocycles. The van der Waals surface area contributed by atoms with E-state index in [0.29, 0.717) is 29.5 Å². The number of hydrogen-bond acceptors (Lipinski definition) is 3. The molecule has 18 heavy (non-hydrogen) atoms. The maximum absolute atomic E-state index is 14.0. The Morgan fingerprint density at radius 1 is 1.39 bits per heavy atom. The Labute approximate surface area is 109 Å². The molecule has 0 aliphatic heterocycles. The Morgan fingerprint density at radius 2 is 2.17 bits per heavy atom. The maximum atomic E-state index is 14.0. The molecule has 1 heterocycles. The van der Waals surface area contributed by atoms with Crippen LogP contribution in [0.2, 0.25) is 0 Å². The highest BCUT2D eigenvalue weighted by molar-refractivity contribution is 6.16. The van der Waals surface area contributed by atoms with Crippen LogP contribution in [0, 0.1) is 5.82 Å². The average Bonchev–Trinajstić information content (AvgIpc) is 2.81. The minimum Gasteiger partial charge on any atom is -0.497 e. The standard InChI is InChI=1S/C12H13ClFN3O/c1-3-17-11(7-13)15-16-12(17)9-5-4-8(18-2)6-10(9)14/h4-6H,3,7H2,1-2H3. The summed E-state index contributed by atoms with van der Waals surface area (Å²) in [6, 6.07) is 4.64. The topological polar surface area (TPSA) is 39.9 Å². The smallest absolute Gasteiger partial charge is 0.166 e. The van der Waals surface area contributed by atoms with Crippen molar-refractivity contribution in [2.24, 2.45) is 0 Å². The van der Waals surface area contributed by atoms with Crippen molar-refractivity contribution in [2.45, 2.75) is 19.3 Å². The molecule has 6 heteroatoms. The Balaban J connectivity index is 2.51. The summed E-state index contributed by atoms with van der Waals surface area (Å²) in [5.41, 5.74) is 0.390. The lowest BCUT2D eigenvalue weighted by Crippen LogP contribution is -2.03. The highest BCUT2D eigenvalue weighted by atomic mass is 35.5. The second-order valence-corrected chi connectivity index (χ2v) is 3.93. The molecule has 0 bridgehead atoms. The summed E-state index contributed by atoms with van der Waals surface area (Å²) < 4.78 is 20.7. The van der Waals surface area contributed by atoms with Gasteiger partial charge in [0.1, 0.15) is 17.4 Å². The van der Waals surface area contributed by atoms with Gasteiger partial charge < -0.3 is 9.30 Å². The zero-order valence-electron chi connectivity index (χ0n) is 10.2. The number of halogens is 2. The summed E-state index contributed by atoms with van der Waals surface area (Å²) in [7, 11) is 1.49. The summed E-state index contributed by atoms with van der Waals surface area (Å²) in [5, 5.41) is 7.94. The van der Waals surface area contributed by atoms with Crippen LogP contribution in [0.25, 0.3) is 11.4 Å². The van der Waals surface area contributed by atoms with Crippen LogP contribution in [0.5, 0.6) is 5.75 Å². The fraction of sp³-hybridized carbons (Fsp3) is 0.333. The minimum absolute atomic E-state index is 0.249. The third-order valence-corrected chi connectivity index (χ3v) is 2.92. The van der Waals surface area contributed by atoms with Gasteiger partial charge in [0, 0.05) is 12.6 Å². The molecule has 0 fully saturated rings. The molecule has 0 amide bonds. The summed E-state index contributed by atoms with van der Waals surface area (Å²) in [5.74, 6) is 1.44. The quantitative estimate of drug-likeness (QED) is 0.802. The summed E-state index contributed by atoms with van der Waals surface area (Å²) in [4.78, 5) is 0. The monoisotopic (exact) mass is 269 g/mol. The maximum Gasteiger partial charge on any atom is 0.166 e. The number of nitrogens with zero attached hydrogens (tertiary/aromatic N) is 3. The van der Waals surface area contributed by atoms with E-state index >= 15 is 0 Å². The van der Waals surface area contributed by atoms with Crippen LogP contribution in [-0.2, 0) is 12.4 Å². The van der Waals surface area contributed by atoms with E-state index in [1.807, 2.05) is 6.92 Å². The van der Waals surface area contributed by atoms with Crippen LogP contribution in [0.15, 0.2) is 18.2 Å². The van der Waals surface area contributed by atoms with Crippen molar-refractivity contribution >= 4 is 11.6 Å². The molecule has 0 N–H and O–H groups in total. The van der Waals surface area contributed by atoms with Gasteiger partial charge in [0.25, 0.3) is 0 Å². The Bertz CT molecular complexity index is 556. The number of rotatable bonds is 4. The van der Waals surface area contributed by atoms with Crippen LogP contribution in [-0.4, -0.2) is 21.9 Å². The SMILES string of the molecule is CCn1c(CCl)nnc1-c1ccc(OC)cc1F. The number of aromatic nitrogens is 3. The van der Waals surface area contributed by atoms with Gasteiger partial charge in [-0.1, -0.05) is 0 Å². The minimum atomic E-state index is -0.391. The first-order valence-electron chi connectivity index (χ1n) is 5.53. The van der Waals surface area contributed by atoms with Gasteiger partial charge in [-0.3, -0.25) is 0 Å². The van der Waals surface area contributed by atoms with Crippen LogP contribution >= 0.6 is 11.6 Å².